The minimum Gasteiger partial charge on any atom is -0.495 e. The van der Waals surface area contributed by atoms with Gasteiger partial charge < -0.3 is 14.6 Å². The molecule has 1 N–H and O–H groups in total. The van der Waals surface area contributed by atoms with Gasteiger partial charge in [-0.25, -0.2) is 0 Å². The lowest BCUT2D eigenvalue weighted by atomic mass is 10.2. The maximum atomic E-state index is 11.9. The van der Waals surface area contributed by atoms with Crippen LogP contribution in [0.2, 0.25) is 5.02 Å². The third-order valence-corrected chi connectivity index (χ3v) is 3.32. The largest absolute Gasteiger partial charge is 0.495 e. The molecule has 0 spiro atoms. The number of benzene rings is 1. The summed E-state index contributed by atoms with van der Waals surface area (Å²) in [5.74, 6) is 0.705. The minimum absolute atomic E-state index is 0.0223. The van der Waals surface area contributed by atoms with Gasteiger partial charge in [0.05, 0.1) is 12.8 Å². The molecule has 2 rings (SSSR count). The highest BCUT2D eigenvalue weighted by Gasteiger charge is 2.10. The van der Waals surface area contributed by atoms with Crippen LogP contribution in [0.3, 0.4) is 0 Å². The molecule has 5 heteroatoms. The third kappa shape index (κ3) is 2.86. The lowest BCUT2D eigenvalue weighted by Gasteiger charge is -2.16. The van der Waals surface area contributed by atoms with Gasteiger partial charge in [0.2, 0.25) is 0 Å². The van der Waals surface area contributed by atoms with Crippen molar-refractivity contribution in [2.45, 2.75) is 13.5 Å². The number of hydrogen-bond donors (Lipinski definition) is 1. The van der Waals surface area contributed by atoms with Crippen LogP contribution in [0.15, 0.2) is 35.3 Å². The van der Waals surface area contributed by atoms with Crippen molar-refractivity contribution in [3.8, 4) is 11.4 Å². The molecule has 0 fully saturated rings. The molecule has 1 aromatic heterocycles. The molecule has 0 aliphatic heterocycles. The summed E-state index contributed by atoms with van der Waals surface area (Å²) < 4.78 is 7.28. The summed E-state index contributed by atoms with van der Waals surface area (Å²) in [6.07, 6.45) is 1.82. The molecule has 0 bridgehead atoms. The van der Waals surface area contributed by atoms with Crippen molar-refractivity contribution >= 4 is 11.6 Å². The van der Waals surface area contributed by atoms with Gasteiger partial charge >= 0.3 is 0 Å². The Morgan fingerprint density at radius 3 is 2.75 bits per heavy atom. The molecule has 1 heterocycles. The van der Waals surface area contributed by atoms with Crippen LogP contribution >= 0.6 is 11.6 Å². The van der Waals surface area contributed by atoms with Gasteiger partial charge in [0.15, 0.2) is 5.43 Å². The van der Waals surface area contributed by atoms with Crippen molar-refractivity contribution in [1.82, 2.24) is 9.88 Å². The van der Waals surface area contributed by atoms with Gasteiger partial charge in [-0.2, -0.15) is 0 Å². The lowest BCUT2D eigenvalue weighted by molar-refractivity contribution is 0.412. The highest BCUT2D eigenvalue weighted by molar-refractivity contribution is 6.30. The summed E-state index contributed by atoms with van der Waals surface area (Å²) >= 11 is 6.07. The van der Waals surface area contributed by atoms with Gasteiger partial charge in [0.1, 0.15) is 5.75 Å². The molecule has 0 amide bonds. The van der Waals surface area contributed by atoms with Crippen LogP contribution in [0.5, 0.6) is 5.75 Å². The first-order valence-electron chi connectivity index (χ1n) is 6.27. The number of pyridine rings is 1. The maximum Gasteiger partial charge on any atom is 0.186 e. The Morgan fingerprint density at radius 1 is 1.35 bits per heavy atom. The molecule has 0 radical (unpaired) electrons. The number of aryl methyl sites for hydroxylation is 1. The average Bonchev–Trinajstić information content (AvgIpc) is 2.42. The molecule has 4 nitrogen and oxygen atoms in total. The number of ether oxygens (including phenoxy) is 1. The van der Waals surface area contributed by atoms with E-state index in [1.54, 1.807) is 19.2 Å². The van der Waals surface area contributed by atoms with Gasteiger partial charge in [-0.3, -0.25) is 4.79 Å². The SMILES string of the molecule is CNCc1cn(-c2cc(Cl)ccc2OC)c(C)cc1=O. The topological polar surface area (TPSA) is 43.3 Å². The van der Waals surface area contributed by atoms with E-state index in [2.05, 4.69) is 5.32 Å². The molecule has 20 heavy (non-hydrogen) atoms. The summed E-state index contributed by atoms with van der Waals surface area (Å²) in [6.45, 7) is 2.40. The van der Waals surface area contributed by atoms with E-state index in [4.69, 9.17) is 16.3 Å². The molecule has 106 valence electrons. The molecule has 0 aliphatic rings. The molecule has 0 aliphatic carbocycles. The van der Waals surface area contributed by atoms with E-state index in [9.17, 15) is 4.79 Å². The minimum atomic E-state index is 0.0223. The average molecular weight is 293 g/mol. The fourth-order valence-corrected chi connectivity index (χ4v) is 2.27. The first-order valence-corrected chi connectivity index (χ1v) is 6.65. The lowest BCUT2D eigenvalue weighted by Crippen LogP contribution is -2.19. The second-order valence-corrected chi connectivity index (χ2v) is 4.96. The molecular formula is C15H17ClN2O2. The molecule has 2 aromatic rings. The third-order valence-electron chi connectivity index (χ3n) is 3.09. The molecule has 0 unspecified atom stereocenters. The Balaban J connectivity index is 2.65. The summed E-state index contributed by atoms with van der Waals surface area (Å²) in [6, 6.07) is 7.03. The Bertz CT molecular complexity index is 680. The van der Waals surface area contributed by atoms with Crippen LogP contribution in [0.4, 0.5) is 0 Å². The van der Waals surface area contributed by atoms with Gasteiger partial charge in [-0.05, 0) is 32.2 Å². The van der Waals surface area contributed by atoms with Crippen LogP contribution in [-0.4, -0.2) is 18.7 Å². The Hall–Kier alpha value is -1.78. The van der Waals surface area contributed by atoms with E-state index in [0.717, 1.165) is 11.4 Å². The summed E-state index contributed by atoms with van der Waals surface area (Å²) in [5.41, 5.74) is 2.36. The number of aromatic nitrogens is 1. The number of nitrogens with zero attached hydrogens (tertiary/aromatic N) is 1. The van der Waals surface area contributed by atoms with Gasteiger partial charge in [0.25, 0.3) is 0 Å². The number of nitrogens with one attached hydrogen (secondary N) is 1. The zero-order valence-electron chi connectivity index (χ0n) is 11.7. The molecule has 0 atom stereocenters. The molecule has 1 aromatic carbocycles. The number of halogens is 1. The quantitative estimate of drug-likeness (QED) is 0.942. The fourth-order valence-electron chi connectivity index (χ4n) is 2.11. The standard InChI is InChI=1S/C15H17ClN2O2/c1-10-6-14(19)11(8-17-2)9-18(10)13-7-12(16)4-5-15(13)20-3/h4-7,9,17H,8H2,1-3H3. The van der Waals surface area contributed by atoms with E-state index in [1.165, 1.54) is 0 Å². The predicted octanol–water partition coefficient (Wildman–Crippen LogP) is 2.53. The Labute approximate surface area is 123 Å². The highest BCUT2D eigenvalue weighted by Crippen LogP contribution is 2.27. The normalized spacial score (nSPS) is 10.6. The number of hydrogen-bond acceptors (Lipinski definition) is 3. The van der Waals surface area contributed by atoms with Crippen molar-refractivity contribution in [3.63, 3.8) is 0 Å². The first kappa shape index (κ1) is 14.6. The van der Waals surface area contributed by atoms with Gasteiger partial charge in [0, 0.05) is 35.1 Å². The summed E-state index contributed by atoms with van der Waals surface area (Å²) in [4.78, 5) is 11.9. The van der Waals surface area contributed by atoms with Crippen molar-refractivity contribution in [2.75, 3.05) is 14.2 Å². The van der Waals surface area contributed by atoms with E-state index in [-0.39, 0.29) is 5.43 Å². The van der Waals surface area contributed by atoms with Crippen LogP contribution < -0.4 is 15.5 Å². The van der Waals surface area contributed by atoms with E-state index >= 15 is 0 Å². The molecule has 0 saturated heterocycles. The van der Waals surface area contributed by atoms with Crippen LogP contribution in [0.25, 0.3) is 5.69 Å². The highest BCUT2D eigenvalue weighted by atomic mass is 35.5. The first-order chi connectivity index (χ1) is 9.56. The molecule has 0 saturated carbocycles. The van der Waals surface area contributed by atoms with Crippen molar-refractivity contribution in [2.24, 2.45) is 0 Å². The number of methoxy groups -OCH3 is 1. The monoisotopic (exact) mass is 292 g/mol. The van der Waals surface area contributed by atoms with E-state index < -0.39 is 0 Å². The van der Waals surface area contributed by atoms with Gasteiger partial charge in [-0.1, -0.05) is 11.6 Å². The maximum absolute atomic E-state index is 11.9. The van der Waals surface area contributed by atoms with E-state index in [1.807, 2.05) is 36.9 Å². The zero-order chi connectivity index (χ0) is 14.7. The smallest absolute Gasteiger partial charge is 0.186 e. The van der Waals surface area contributed by atoms with E-state index in [0.29, 0.717) is 22.9 Å². The predicted molar refractivity (Wildman–Crippen MR) is 81.1 cm³/mol. The Morgan fingerprint density at radius 2 is 2.10 bits per heavy atom. The van der Waals surface area contributed by atoms with Crippen LogP contribution in [-0.2, 0) is 6.54 Å². The second-order valence-electron chi connectivity index (χ2n) is 4.52. The second kappa shape index (κ2) is 6.11. The van der Waals surface area contributed by atoms with Crippen LogP contribution in [0.1, 0.15) is 11.3 Å². The van der Waals surface area contributed by atoms with Gasteiger partial charge in [-0.15, -0.1) is 0 Å². The van der Waals surface area contributed by atoms with Crippen molar-refractivity contribution in [1.29, 1.82) is 0 Å². The molecular weight excluding hydrogens is 276 g/mol. The zero-order valence-corrected chi connectivity index (χ0v) is 12.5. The number of rotatable bonds is 4. The summed E-state index contributed by atoms with van der Waals surface area (Å²) in [7, 11) is 3.42. The summed E-state index contributed by atoms with van der Waals surface area (Å²) in [5, 5.41) is 3.61. The fraction of sp³-hybridized carbons (Fsp3) is 0.267. The van der Waals surface area contributed by atoms with Crippen molar-refractivity contribution in [3.05, 3.63) is 57.0 Å². The van der Waals surface area contributed by atoms with Crippen LogP contribution in [0, 0.1) is 6.92 Å². The Kier molecular flexibility index (Phi) is 4.47. The van der Waals surface area contributed by atoms with Crippen molar-refractivity contribution < 1.29 is 4.74 Å².